The zero-order valence-corrected chi connectivity index (χ0v) is 51.1. The summed E-state index contributed by atoms with van der Waals surface area (Å²) in [7, 11) is 0. The molecule has 0 saturated heterocycles. The lowest BCUT2D eigenvalue weighted by atomic mass is 9.97. The molecule has 36 heteroatoms. The monoisotopic (exact) mass is 1280 g/mol. The Morgan fingerprint density at radius 2 is 0.911 bits per heavy atom. The molecule has 13 atom stereocenters. The second-order valence-electron chi connectivity index (χ2n) is 21.4. The van der Waals surface area contributed by atoms with Crippen LogP contribution in [-0.4, -0.2) is 202 Å². The molecule has 502 valence electrons. The summed E-state index contributed by atoms with van der Waals surface area (Å²) >= 11 is 0. The summed E-state index contributed by atoms with van der Waals surface area (Å²) in [6, 6.07) is -10.1. The Bertz CT molecular complexity index is 2730. The number of carboxylic acids is 1. The van der Waals surface area contributed by atoms with Gasteiger partial charge in [-0.25, -0.2) is 4.79 Å². The number of rotatable bonds is 41. The highest BCUT2D eigenvalue weighted by atomic mass is 16.4. The predicted molar refractivity (Wildman–Crippen MR) is 318 cm³/mol. The van der Waals surface area contributed by atoms with E-state index in [1.807, 2.05) is 0 Å². The first-order valence-electron chi connectivity index (χ1n) is 28.6. The van der Waals surface area contributed by atoms with Crippen molar-refractivity contribution in [2.24, 2.45) is 51.2 Å². The largest absolute Gasteiger partial charge is 0.480 e. The number of aliphatic hydroxyl groups is 2. The number of hydrogen-bond donors (Lipinski definition) is 20. The van der Waals surface area contributed by atoms with Gasteiger partial charge in [-0.05, 0) is 57.4 Å². The number of guanidine groups is 1. The molecule has 0 unspecified atom stereocenters. The number of benzene rings is 1. The van der Waals surface area contributed by atoms with Crippen molar-refractivity contribution in [2.45, 2.75) is 172 Å². The van der Waals surface area contributed by atoms with Crippen molar-refractivity contribution in [2.75, 3.05) is 19.7 Å². The number of aliphatic carboxylic acids is 1. The topological polar surface area (TPSA) is 618 Å². The molecule has 0 radical (unpaired) electrons. The second-order valence-corrected chi connectivity index (χ2v) is 21.4. The molecular weight excluding hydrogens is 1190 g/mol. The number of carbonyl (C=O) groups is 15. The van der Waals surface area contributed by atoms with Crippen LogP contribution >= 0.6 is 0 Å². The highest BCUT2D eigenvalue weighted by Crippen LogP contribution is 2.12. The zero-order valence-electron chi connectivity index (χ0n) is 51.1. The summed E-state index contributed by atoms with van der Waals surface area (Å²) in [5.41, 5.74) is 33.0. The Labute approximate surface area is 518 Å². The first-order chi connectivity index (χ1) is 42.1. The summed E-state index contributed by atoms with van der Waals surface area (Å²) in [5, 5.41) is 55.2. The Kier molecular flexibility index (Phi) is 34.3. The molecule has 0 heterocycles. The van der Waals surface area contributed by atoms with Crippen LogP contribution in [0.15, 0.2) is 35.3 Å². The number of hydrogen-bond acceptors (Lipinski definition) is 19. The molecule has 0 fully saturated rings. The molecule has 0 aromatic heterocycles. The Morgan fingerprint density at radius 3 is 1.37 bits per heavy atom. The number of nitrogens with zero attached hydrogens (tertiary/aromatic N) is 1. The summed E-state index contributed by atoms with van der Waals surface area (Å²) < 4.78 is 0. The van der Waals surface area contributed by atoms with Gasteiger partial charge in [0.25, 0.3) is 0 Å². The van der Waals surface area contributed by atoms with Crippen molar-refractivity contribution < 1.29 is 87.2 Å². The molecule has 0 bridgehead atoms. The third kappa shape index (κ3) is 28.5. The minimum absolute atomic E-state index is 0.0644. The van der Waals surface area contributed by atoms with Gasteiger partial charge in [0, 0.05) is 19.4 Å². The van der Waals surface area contributed by atoms with Crippen molar-refractivity contribution in [3.63, 3.8) is 0 Å². The smallest absolute Gasteiger partial charge is 0.328 e. The lowest BCUT2D eigenvalue weighted by Crippen LogP contribution is -2.62. The van der Waals surface area contributed by atoms with Gasteiger partial charge in [0.15, 0.2) is 12.0 Å². The van der Waals surface area contributed by atoms with E-state index in [-0.39, 0.29) is 31.8 Å². The molecular formula is C54H88N18O18. The van der Waals surface area contributed by atoms with Crippen molar-refractivity contribution >= 4 is 94.6 Å². The molecule has 1 rings (SSSR count). The SMILES string of the molecule is CC[C@H](C)[C@H](NC(=O)[C@H](C)NC(=O)[C@H](CO)NC(=O)[C@H](CC(N)=O)NC(=O)[C@H](Cc1ccccc1)NC(=O)[C@H](CCCN=C(N)N)NC(=O)[C@H](CC(N)=O)NC(=O)[C@H](CCC(N)=O)NC(=O)[C@@H](NC(=O)[C@H](C)NC(=O)CN)C(C)C)C(=O)N[C@H](C(=O)O)[C@@H](C)O. The van der Waals surface area contributed by atoms with E-state index in [0.29, 0.717) is 12.0 Å². The molecule has 90 heavy (non-hydrogen) atoms. The third-order valence-electron chi connectivity index (χ3n) is 13.5. The molecule has 36 nitrogen and oxygen atoms in total. The Hall–Kier alpha value is -9.58. The fourth-order valence-corrected chi connectivity index (χ4v) is 8.20. The summed E-state index contributed by atoms with van der Waals surface area (Å²) in [6.07, 6.45) is -4.89. The minimum atomic E-state index is -1.95. The Morgan fingerprint density at radius 1 is 0.489 bits per heavy atom. The van der Waals surface area contributed by atoms with Crippen LogP contribution in [0.1, 0.15) is 99.0 Å². The van der Waals surface area contributed by atoms with E-state index in [1.54, 1.807) is 44.2 Å². The van der Waals surface area contributed by atoms with E-state index >= 15 is 0 Å². The van der Waals surface area contributed by atoms with E-state index in [0.717, 1.165) is 6.92 Å². The normalized spacial score (nSPS) is 15.3. The van der Waals surface area contributed by atoms with Gasteiger partial charge in [0.1, 0.15) is 60.4 Å². The quantitative estimate of drug-likeness (QED) is 0.0164. The highest BCUT2D eigenvalue weighted by molar-refractivity contribution is 6.01. The lowest BCUT2D eigenvalue weighted by Gasteiger charge is -2.28. The van der Waals surface area contributed by atoms with E-state index in [4.69, 9.17) is 34.4 Å². The van der Waals surface area contributed by atoms with Crippen LogP contribution in [0, 0.1) is 11.8 Å². The van der Waals surface area contributed by atoms with Crippen molar-refractivity contribution in [3.8, 4) is 0 Å². The summed E-state index contributed by atoms with van der Waals surface area (Å²) in [6.45, 7) is 8.20. The zero-order chi connectivity index (χ0) is 68.7. The molecule has 0 spiro atoms. The lowest BCUT2D eigenvalue weighted by molar-refractivity contribution is -0.145. The number of amides is 14. The average Bonchev–Trinajstić information content (AvgIpc) is 1.28. The molecule has 0 aliphatic heterocycles. The predicted octanol–water partition coefficient (Wildman–Crippen LogP) is -9.21. The van der Waals surface area contributed by atoms with Crippen LogP contribution in [0.5, 0.6) is 0 Å². The van der Waals surface area contributed by atoms with Crippen LogP contribution in [0.2, 0.25) is 0 Å². The average molecular weight is 1280 g/mol. The molecule has 0 aliphatic rings. The van der Waals surface area contributed by atoms with Gasteiger partial charge in [-0.1, -0.05) is 64.4 Å². The van der Waals surface area contributed by atoms with E-state index in [9.17, 15) is 87.2 Å². The van der Waals surface area contributed by atoms with Gasteiger partial charge in [0.2, 0.25) is 82.7 Å². The summed E-state index contributed by atoms with van der Waals surface area (Å²) in [5.74, 6) is -18.1. The molecule has 0 aliphatic carbocycles. The maximum Gasteiger partial charge on any atom is 0.328 e. The van der Waals surface area contributed by atoms with Crippen LogP contribution < -0.4 is 92.9 Å². The van der Waals surface area contributed by atoms with Crippen LogP contribution in [0.3, 0.4) is 0 Å². The van der Waals surface area contributed by atoms with Gasteiger partial charge in [0.05, 0.1) is 32.1 Å². The van der Waals surface area contributed by atoms with E-state index in [1.165, 1.54) is 27.7 Å². The van der Waals surface area contributed by atoms with Crippen molar-refractivity contribution in [1.82, 2.24) is 58.5 Å². The number of carbonyl (C=O) groups excluding carboxylic acids is 14. The van der Waals surface area contributed by atoms with E-state index < -0.39 is 212 Å². The van der Waals surface area contributed by atoms with Gasteiger partial charge in [-0.3, -0.25) is 72.1 Å². The van der Waals surface area contributed by atoms with Crippen molar-refractivity contribution in [3.05, 3.63) is 35.9 Å². The fourth-order valence-electron chi connectivity index (χ4n) is 8.20. The minimum Gasteiger partial charge on any atom is -0.480 e. The van der Waals surface area contributed by atoms with Crippen LogP contribution in [0.25, 0.3) is 0 Å². The van der Waals surface area contributed by atoms with Gasteiger partial charge >= 0.3 is 5.97 Å². The second kappa shape index (κ2) is 39.3. The number of nitrogens with two attached hydrogens (primary N) is 6. The molecule has 1 aromatic carbocycles. The number of aliphatic imine (C=N–C) groups is 1. The van der Waals surface area contributed by atoms with Gasteiger partial charge in [-0.15, -0.1) is 0 Å². The summed E-state index contributed by atoms with van der Waals surface area (Å²) in [4.78, 5) is 202. The van der Waals surface area contributed by atoms with Gasteiger partial charge < -0.3 is 108 Å². The maximum absolute atomic E-state index is 14.5. The molecule has 14 amide bonds. The molecule has 1 aromatic rings. The Balaban J connectivity index is 3.64. The first kappa shape index (κ1) is 78.4. The number of carboxylic acid groups (broad SMARTS) is 1. The number of primary amides is 3. The number of aliphatic hydroxyl groups excluding tert-OH is 2. The van der Waals surface area contributed by atoms with E-state index in [2.05, 4.69) is 63.5 Å². The van der Waals surface area contributed by atoms with Crippen LogP contribution in [-0.2, 0) is 78.3 Å². The first-order valence-corrected chi connectivity index (χ1v) is 28.6. The third-order valence-corrected chi connectivity index (χ3v) is 13.5. The number of nitrogens with one attached hydrogen (secondary N) is 11. The highest BCUT2D eigenvalue weighted by Gasteiger charge is 2.38. The standard InChI is InChI=1S/C54H88N18O18/c1-8-25(4)41(52(88)72-42(28(7)74)53(89)90)71-44(80)27(6)63-50(86)35(23-73)69-49(85)34(21-38(58)77)68-47(83)32(19-29-13-10-9-11-14-29)66-45(81)30(15-12-18-61-54(59)60)64-48(84)33(20-37(57)76)67-46(82)31(16-17-36(56)75)65-51(87)40(24(2)3)70-43(79)26(5)62-39(78)22-55/h9-11,13-14,24-28,30-35,40-42,73-74H,8,12,15-23,55H2,1-7H3,(H2,56,75)(H2,57,76)(H2,58,77)(H,62,78)(H,63,86)(H,64,84)(H,65,87)(H,66,81)(H,67,82)(H,68,83)(H,69,85)(H,70,79)(H,71,80)(H,72,88)(H,89,90)(H4,59,60,61)/t25-,26-,27-,28+,30-,31-,32-,33-,34-,35-,40-,41-,42-/m0/s1. The molecule has 26 N–H and O–H groups in total. The molecule has 0 saturated carbocycles. The fraction of sp³-hybridized carbons (Fsp3) is 0.593. The van der Waals surface area contributed by atoms with Crippen molar-refractivity contribution in [1.29, 1.82) is 0 Å². The maximum atomic E-state index is 14.5. The van der Waals surface area contributed by atoms with Gasteiger partial charge in [-0.2, -0.15) is 0 Å². The van der Waals surface area contributed by atoms with Crippen LogP contribution in [0.4, 0.5) is 0 Å².